The summed E-state index contributed by atoms with van der Waals surface area (Å²) in [6.45, 7) is 7.74. The Bertz CT molecular complexity index is 533. The van der Waals surface area contributed by atoms with E-state index in [4.69, 9.17) is 0 Å². The highest BCUT2D eigenvalue weighted by Crippen LogP contribution is 2.16. The Balaban J connectivity index is 1.78. The van der Waals surface area contributed by atoms with Crippen LogP contribution in [0, 0.1) is 0 Å². The number of hydrogen-bond donors (Lipinski definition) is 2. The zero-order valence-corrected chi connectivity index (χ0v) is 11.0. The Morgan fingerprint density at radius 2 is 2.28 bits per heavy atom. The molecule has 1 aromatic heterocycles. The highest BCUT2D eigenvalue weighted by molar-refractivity contribution is 5.78. The molecule has 1 fully saturated rings. The van der Waals surface area contributed by atoms with E-state index in [1.54, 1.807) is 0 Å². The Labute approximate surface area is 107 Å². The average Bonchev–Trinajstić information content (AvgIpc) is 2.81. The van der Waals surface area contributed by atoms with Gasteiger partial charge in [-0.05, 0) is 25.5 Å². The molecule has 0 bridgehead atoms. The molecule has 0 saturated carbocycles. The fourth-order valence-electron chi connectivity index (χ4n) is 2.63. The van der Waals surface area contributed by atoms with Gasteiger partial charge in [0.15, 0.2) is 0 Å². The monoisotopic (exact) mass is 244 g/mol. The molecule has 0 aliphatic carbocycles. The smallest absolute Gasteiger partial charge is 0.0653 e. The molecule has 1 aliphatic rings. The average molecular weight is 244 g/mol. The largest absolute Gasteiger partial charge is 0.311 e. The SMILES string of the molecule is CC1CN(Cc2ccc3cn[nH]c3c2)C(C)CN1. The number of fused-ring (bicyclic) bond motifs is 1. The van der Waals surface area contributed by atoms with Crippen molar-refractivity contribution in [3.63, 3.8) is 0 Å². The van der Waals surface area contributed by atoms with E-state index in [0.717, 1.165) is 25.2 Å². The number of hydrogen-bond acceptors (Lipinski definition) is 3. The number of H-pyrrole nitrogens is 1. The van der Waals surface area contributed by atoms with Crippen LogP contribution >= 0.6 is 0 Å². The van der Waals surface area contributed by atoms with Gasteiger partial charge in [0.1, 0.15) is 0 Å². The van der Waals surface area contributed by atoms with Crippen molar-refractivity contribution in [3.8, 4) is 0 Å². The number of aromatic amines is 1. The molecule has 1 saturated heterocycles. The normalized spacial score (nSPS) is 25.7. The lowest BCUT2D eigenvalue weighted by atomic mass is 10.1. The number of nitrogens with one attached hydrogen (secondary N) is 2. The van der Waals surface area contributed by atoms with Gasteiger partial charge in [0.05, 0.1) is 11.7 Å². The summed E-state index contributed by atoms with van der Waals surface area (Å²) in [4.78, 5) is 2.54. The third-order valence-electron chi connectivity index (χ3n) is 3.79. The first-order valence-electron chi connectivity index (χ1n) is 6.62. The van der Waals surface area contributed by atoms with E-state index >= 15 is 0 Å². The van der Waals surface area contributed by atoms with Crippen molar-refractivity contribution in [2.75, 3.05) is 13.1 Å². The van der Waals surface area contributed by atoms with Gasteiger partial charge in [0, 0.05) is 37.1 Å². The second-order valence-electron chi connectivity index (χ2n) is 5.38. The number of piperazine rings is 1. The molecule has 2 heterocycles. The molecule has 4 nitrogen and oxygen atoms in total. The Morgan fingerprint density at radius 3 is 3.17 bits per heavy atom. The molecule has 0 spiro atoms. The Morgan fingerprint density at radius 1 is 1.39 bits per heavy atom. The first kappa shape index (κ1) is 11.7. The van der Waals surface area contributed by atoms with E-state index in [1.165, 1.54) is 10.9 Å². The van der Waals surface area contributed by atoms with Gasteiger partial charge in [0.2, 0.25) is 0 Å². The summed E-state index contributed by atoms with van der Waals surface area (Å²) in [6, 6.07) is 7.74. The number of aromatic nitrogens is 2. The number of benzene rings is 1. The van der Waals surface area contributed by atoms with E-state index in [1.807, 2.05) is 6.20 Å². The van der Waals surface area contributed by atoms with E-state index in [9.17, 15) is 0 Å². The van der Waals surface area contributed by atoms with Crippen molar-refractivity contribution < 1.29 is 0 Å². The first-order valence-corrected chi connectivity index (χ1v) is 6.62. The van der Waals surface area contributed by atoms with Crippen LogP contribution < -0.4 is 5.32 Å². The molecule has 18 heavy (non-hydrogen) atoms. The zero-order chi connectivity index (χ0) is 12.5. The van der Waals surface area contributed by atoms with Crippen LogP contribution in [0.5, 0.6) is 0 Å². The second-order valence-corrected chi connectivity index (χ2v) is 5.38. The van der Waals surface area contributed by atoms with Crippen LogP contribution in [0.25, 0.3) is 10.9 Å². The third kappa shape index (κ3) is 2.26. The van der Waals surface area contributed by atoms with Gasteiger partial charge in [-0.3, -0.25) is 10.00 Å². The van der Waals surface area contributed by atoms with Crippen LogP contribution in [0.3, 0.4) is 0 Å². The van der Waals surface area contributed by atoms with Crippen LogP contribution in [0.2, 0.25) is 0 Å². The van der Waals surface area contributed by atoms with Crippen molar-refractivity contribution in [1.29, 1.82) is 0 Å². The number of nitrogens with zero attached hydrogens (tertiary/aromatic N) is 2. The predicted octanol–water partition coefficient (Wildman–Crippen LogP) is 1.75. The standard InChI is InChI=1S/C14H20N4/c1-10-8-18(11(2)6-15-10)9-12-3-4-13-7-16-17-14(13)5-12/h3-5,7,10-11,15H,6,8-9H2,1-2H3,(H,16,17). The maximum atomic E-state index is 4.07. The molecule has 1 aromatic carbocycles. The molecule has 3 rings (SSSR count). The highest BCUT2D eigenvalue weighted by Gasteiger charge is 2.22. The van der Waals surface area contributed by atoms with Gasteiger partial charge in [-0.15, -0.1) is 0 Å². The summed E-state index contributed by atoms with van der Waals surface area (Å²) >= 11 is 0. The summed E-state index contributed by atoms with van der Waals surface area (Å²) in [6.07, 6.45) is 1.87. The lowest BCUT2D eigenvalue weighted by Crippen LogP contribution is -2.53. The van der Waals surface area contributed by atoms with Crippen molar-refractivity contribution in [2.24, 2.45) is 0 Å². The molecule has 1 aliphatic heterocycles. The van der Waals surface area contributed by atoms with E-state index in [2.05, 4.69) is 52.5 Å². The second kappa shape index (κ2) is 4.71. The van der Waals surface area contributed by atoms with Crippen LogP contribution in [-0.2, 0) is 6.54 Å². The van der Waals surface area contributed by atoms with E-state index in [0.29, 0.717) is 12.1 Å². The molecule has 2 unspecified atom stereocenters. The van der Waals surface area contributed by atoms with Crippen molar-refractivity contribution in [2.45, 2.75) is 32.5 Å². The summed E-state index contributed by atoms with van der Waals surface area (Å²) < 4.78 is 0. The molecule has 0 radical (unpaired) electrons. The minimum atomic E-state index is 0.581. The topological polar surface area (TPSA) is 44.0 Å². The summed E-state index contributed by atoms with van der Waals surface area (Å²) in [5.74, 6) is 0. The van der Waals surface area contributed by atoms with Crippen LogP contribution in [-0.4, -0.2) is 40.3 Å². The Hall–Kier alpha value is -1.39. The van der Waals surface area contributed by atoms with Crippen molar-refractivity contribution >= 4 is 10.9 Å². The summed E-state index contributed by atoms with van der Waals surface area (Å²) in [5, 5.41) is 11.8. The van der Waals surface area contributed by atoms with Gasteiger partial charge in [0.25, 0.3) is 0 Å². The lowest BCUT2D eigenvalue weighted by molar-refractivity contribution is 0.139. The first-order chi connectivity index (χ1) is 8.72. The van der Waals surface area contributed by atoms with E-state index in [-0.39, 0.29) is 0 Å². The van der Waals surface area contributed by atoms with Crippen LogP contribution in [0.4, 0.5) is 0 Å². The maximum Gasteiger partial charge on any atom is 0.0653 e. The van der Waals surface area contributed by atoms with Gasteiger partial charge in [-0.1, -0.05) is 12.1 Å². The van der Waals surface area contributed by atoms with Crippen LogP contribution in [0.15, 0.2) is 24.4 Å². The van der Waals surface area contributed by atoms with Gasteiger partial charge in [-0.25, -0.2) is 0 Å². The van der Waals surface area contributed by atoms with Crippen molar-refractivity contribution in [3.05, 3.63) is 30.0 Å². The molecule has 0 amide bonds. The fraction of sp³-hybridized carbons (Fsp3) is 0.500. The minimum Gasteiger partial charge on any atom is -0.311 e. The van der Waals surface area contributed by atoms with E-state index < -0.39 is 0 Å². The van der Waals surface area contributed by atoms with Gasteiger partial charge in [-0.2, -0.15) is 5.10 Å². The summed E-state index contributed by atoms with van der Waals surface area (Å²) in [5.41, 5.74) is 2.48. The molecule has 96 valence electrons. The third-order valence-corrected chi connectivity index (χ3v) is 3.79. The molecular weight excluding hydrogens is 224 g/mol. The summed E-state index contributed by atoms with van der Waals surface area (Å²) in [7, 11) is 0. The van der Waals surface area contributed by atoms with Crippen LogP contribution in [0.1, 0.15) is 19.4 Å². The van der Waals surface area contributed by atoms with Gasteiger partial charge >= 0.3 is 0 Å². The quantitative estimate of drug-likeness (QED) is 0.846. The van der Waals surface area contributed by atoms with Gasteiger partial charge < -0.3 is 5.32 Å². The fourth-order valence-corrected chi connectivity index (χ4v) is 2.63. The molecule has 2 N–H and O–H groups in total. The predicted molar refractivity (Wildman–Crippen MR) is 73.4 cm³/mol. The zero-order valence-electron chi connectivity index (χ0n) is 11.0. The molecule has 2 aromatic rings. The molecule has 4 heteroatoms. The van der Waals surface area contributed by atoms with Crippen molar-refractivity contribution in [1.82, 2.24) is 20.4 Å². The maximum absolute atomic E-state index is 4.07. The number of rotatable bonds is 2. The highest BCUT2D eigenvalue weighted by atomic mass is 15.2. The lowest BCUT2D eigenvalue weighted by Gasteiger charge is -2.37. The Kier molecular flexibility index (Phi) is 3.06. The molecular formula is C14H20N4. The minimum absolute atomic E-state index is 0.581. The molecule has 2 atom stereocenters.